The van der Waals surface area contributed by atoms with Gasteiger partial charge in [0.1, 0.15) is 0 Å². The molecule has 0 unspecified atom stereocenters. The van der Waals surface area contributed by atoms with Crippen LogP contribution in [0.3, 0.4) is 0 Å². The molecule has 1 nitrogen and oxygen atoms in total. The van der Waals surface area contributed by atoms with Crippen LogP contribution in [0.2, 0.25) is 0 Å². The number of benzene rings is 1. The Bertz CT molecular complexity index is 418. The van der Waals surface area contributed by atoms with Crippen molar-refractivity contribution in [1.29, 1.82) is 0 Å². The molecule has 1 radical (unpaired) electrons. The highest BCUT2D eigenvalue weighted by Crippen LogP contribution is 2.11. The Morgan fingerprint density at radius 3 is 3.00 bits per heavy atom. The number of rotatable bonds is 1. The lowest BCUT2D eigenvalue weighted by Crippen LogP contribution is -1.81. The minimum absolute atomic E-state index is 0.800. The highest BCUT2D eigenvalue weighted by molar-refractivity contribution is 5.79. The fourth-order valence-electron chi connectivity index (χ4n) is 1.13. The lowest BCUT2D eigenvalue weighted by atomic mass is 10.2. The van der Waals surface area contributed by atoms with Gasteiger partial charge in [0.25, 0.3) is 0 Å². The van der Waals surface area contributed by atoms with Gasteiger partial charge in [0.15, 0.2) is 0 Å². The molecule has 1 heteroatoms. The van der Waals surface area contributed by atoms with E-state index in [4.69, 9.17) is 0 Å². The molecule has 1 heterocycles. The van der Waals surface area contributed by atoms with Gasteiger partial charge in [0.05, 0.1) is 11.2 Å². The van der Waals surface area contributed by atoms with Crippen LogP contribution in [0.4, 0.5) is 0 Å². The highest BCUT2D eigenvalue weighted by atomic mass is 14.7. The first kappa shape index (κ1) is 7.04. The summed E-state index contributed by atoms with van der Waals surface area (Å²) in [6, 6.07) is 12.9. The van der Waals surface area contributed by atoms with Gasteiger partial charge in [0.2, 0.25) is 0 Å². The number of pyridine rings is 1. The molecule has 1 aromatic carbocycles. The largest absolute Gasteiger partial charge is 0.248 e. The van der Waals surface area contributed by atoms with E-state index in [9.17, 15) is 0 Å². The molecule has 57 valence electrons. The van der Waals surface area contributed by atoms with Gasteiger partial charge in [-0.1, -0.05) is 24.8 Å². The van der Waals surface area contributed by atoms with Gasteiger partial charge in [-0.3, -0.25) is 0 Å². The summed E-state index contributed by atoms with van der Waals surface area (Å²) in [5.74, 6) is 0. The van der Waals surface area contributed by atoms with E-state index in [0.717, 1.165) is 16.6 Å². The molecule has 0 fully saturated rings. The molecule has 0 saturated carbocycles. The molecule has 0 N–H and O–H groups in total. The van der Waals surface area contributed by atoms with Crippen molar-refractivity contribution >= 4 is 17.0 Å². The summed E-state index contributed by atoms with van der Waals surface area (Å²) in [6.45, 7) is 3.64. The molecular weight excluding hydrogens is 146 g/mol. The zero-order valence-electron chi connectivity index (χ0n) is 6.62. The number of hydrogen-bond acceptors (Lipinski definition) is 1. The molecule has 0 aliphatic carbocycles. The second kappa shape index (κ2) is 2.78. The van der Waals surface area contributed by atoms with Crippen LogP contribution in [0.15, 0.2) is 36.9 Å². The SMILES string of the molecule is C=Cc1[c]cc2ccccc2n1. The summed E-state index contributed by atoms with van der Waals surface area (Å²) < 4.78 is 0. The van der Waals surface area contributed by atoms with Crippen molar-refractivity contribution in [2.45, 2.75) is 0 Å². The summed E-state index contributed by atoms with van der Waals surface area (Å²) >= 11 is 0. The summed E-state index contributed by atoms with van der Waals surface area (Å²) in [4.78, 5) is 4.32. The van der Waals surface area contributed by atoms with Gasteiger partial charge in [-0.15, -0.1) is 0 Å². The van der Waals surface area contributed by atoms with Crippen LogP contribution in [-0.4, -0.2) is 4.98 Å². The third-order valence-electron chi connectivity index (χ3n) is 1.75. The van der Waals surface area contributed by atoms with E-state index in [1.807, 2.05) is 30.3 Å². The number of hydrogen-bond donors (Lipinski definition) is 0. The summed E-state index contributed by atoms with van der Waals surface area (Å²) in [6.07, 6.45) is 1.70. The molecule has 0 atom stereocenters. The third-order valence-corrected chi connectivity index (χ3v) is 1.75. The Morgan fingerprint density at radius 2 is 2.17 bits per heavy atom. The lowest BCUT2D eigenvalue weighted by molar-refractivity contribution is 1.37. The Balaban J connectivity index is 2.75. The molecule has 12 heavy (non-hydrogen) atoms. The van der Waals surface area contributed by atoms with Gasteiger partial charge in [-0.25, -0.2) is 4.98 Å². The van der Waals surface area contributed by atoms with Crippen LogP contribution in [0.1, 0.15) is 5.69 Å². The van der Waals surface area contributed by atoms with Gasteiger partial charge >= 0.3 is 0 Å². The maximum absolute atomic E-state index is 4.32. The Labute approximate surface area is 71.4 Å². The van der Waals surface area contributed by atoms with Crippen molar-refractivity contribution in [2.24, 2.45) is 0 Å². The van der Waals surface area contributed by atoms with Gasteiger partial charge in [-0.05, 0) is 18.2 Å². The quantitative estimate of drug-likeness (QED) is 0.615. The summed E-state index contributed by atoms with van der Waals surface area (Å²) in [7, 11) is 0. The average molecular weight is 154 g/mol. The first-order chi connectivity index (χ1) is 5.90. The van der Waals surface area contributed by atoms with E-state index in [2.05, 4.69) is 17.6 Å². The number of aromatic nitrogens is 1. The molecule has 0 bridgehead atoms. The van der Waals surface area contributed by atoms with Crippen LogP contribution >= 0.6 is 0 Å². The minimum Gasteiger partial charge on any atom is -0.248 e. The van der Waals surface area contributed by atoms with E-state index in [0.29, 0.717) is 0 Å². The fourth-order valence-corrected chi connectivity index (χ4v) is 1.13. The monoisotopic (exact) mass is 154 g/mol. The van der Waals surface area contributed by atoms with Crippen molar-refractivity contribution in [1.82, 2.24) is 4.98 Å². The molecule has 0 aliphatic heterocycles. The minimum atomic E-state index is 0.800. The van der Waals surface area contributed by atoms with Crippen molar-refractivity contribution in [3.63, 3.8) is 0 Å². The predicted octanol–water partition coefficient (Wildman–Crippen LogP) is 2.68. The van der Waals surface area contributed by atoms with Crippen LogP contribution in [0.25, 0.3) is 17.0 Å². The van der Waals surface area contributed by atoms with E-state index < -0.39 is 0 Å². The first-order valence-corrected chi connectivity index (χ1v) is 3.80. The number of fused-ring (bicyclic) bond motifs is 1. The molecule has 1 aromatic heterocycles. The predicted molar refractivity (Wildman–Crippen MR) is 50.7 cm³/mol. The number of nitrogens with zero attached hydrogens (tertiary/aromatic N) is 1. The number of para-hydroxylation sites is 1. The van der Waals surface area contributed by atoms with Crippen LogP contribution in [-0.2, 0) is 0 Å². The fraction of sp³-hybridized carbons (Fsp3) is 0. The summed E-state index contributed by atoms with van der Waals surface area (Å²) in [5, 5.41) is 1.11. The van der Waals surface area contributed by atoms with Crippen molar-refractivity contribution < 1.29 is 0 Å². The van der Waals surface area contributed by atoms with Crippen LogP contribution in [0, 0.1) is 6.07 Å². The van der Waals surface area contributed by atoms with Crippen molar-refractivity contribution in [3.05, 3.63) is 48.7 Å². The maximum atomic E-state index is 4.32. The summed E-state index contributed by atoms with van der Waals surface area (Å²) in [5.41, 5.74) is 1.79. The maximum Gasteiger partial charge on any atom is 0.0710 e. The standard InChI is InChI=1S/C11H8N/c1-2-10-8-7-9-5-3-4-6-11(9)12-10/h2-7H,1H2. The molecule has 0 spiro atoms. The second-order valence-corrected chi connectivity index (χ2v) is 2.55. The lowest BCUT2D eigenvalue weighted by Gasteiger charge is -1.96. The van der Waals surface area contributed by atoms with Crippen LogP contribution < -0.4 is 0 Å². The molecule has 0 amide bonds. The first-order valence-electron chi connectivity index (χ1n) is 3.80. The Hall–Kier alpha value is -1.63. The third kappa shape index (κ3) is 1.10. The highest BCUT2D eigenvalue weighted by Gasteiger charge is 1.92. The molecule has 0 saturated heterocycles. The Morgan fingerprint density at radius 1 is 1.33 bits per heavy atom. The molecule has 2 rings (SSSR count). The van der Waals surface area contributed by atoms with E-state index >= 15 is 0 Å². The van der Waals surface area contributed by atoms with Gasteiger partial charge in [0, 0.05) is 11.5 Å². The smallest absolute Gasteiger partial charge is 0.0710 e. The van der Waals surface area contributed by atoms with Gasteiger partial charge in [-0.2, -0.15) is 0 Å². The van der Waals surface area contributed by atoms with E-state index in [-0.39, 0.29) is 0 Å². The van der Waals surface area contributed by atoms with Crippen molar-refractivity contribution in [2.75, 3.05) is 0 Å². The van der Waals surface area contributed by atoms with Crippen LogP contribution in [0.5, 0.6) is 0 Å². The average Bonchev–Trinajstić information content (AvgIpc) is 2.17. The zero-order chi connectivity index (χ0) is 8.39. The zero-order valence-corrected chi connectivity index (χ0v) is 6.62. The van der Waals surface area contributed by atoms with E-state index in [1.54, 1.807) is 6.08 Å². The second-order valence-electron chi connectivity index (χ2n) is 2.55. The topological polar surface area (TPSA) is 12.9 Å². The molecular formula is C11H8N. The molecule has 2 aromatic rings. The molecule has 0 aliphatic rings. The normalized spacial score (nSPS) is 10.0. The van der Waals surface area contributed by atoms with Crippen molar-refractivity contribution in [3.8, 4) is 0 Å². The van der Waals surface area contributed by atoms with Gasteiger partial charge < -0.3 is 0 Å². The van der Waals surface area contributed by atoms with E-state index in [1.165, 1.54) is 0 Å². The Kier molecular flexibility index (Phi) is 1.63.